The van der Waals surface area contributed by atoms with Crippen molar-refractivity contribution in [2.45, 2.75) is 19.1 Å². The monoisotopic (exact) mass is 201 g/mol. The number of hydrogen-bond donors (Lipinski definition) is 2. The van der Waals surface area contributed by atoms with Crippen LogP contribution in [0.3, 0.4) is 0 Å². The van der Waals surface area contributed by atoms with Crippen LogP contribution in [0.2, 0.25) is 0 Å². The predicted molar refractivity (Wildman–Crippen MR) is 49.8 cm³/mol. The van der Waals surface area contributed by atoms with Crippen LogP contribution in [0.1, 0.15) is 18.5 Å². The molecule has 1 rings (SSSR count). The van der Waals surface area contributed by atoms with Gasteiger partial charge in [0.15, 0.2) is 0 Å². The highest BCUT2D eigenvalue weighted by molar-refractivity contribution is 5.22. The summed E-state index contributed by atoms with van der Waals surface area (Å²) in [4.78, 5) is 0. The highest BCUT2D eigenvalue weighted by Gasteiger charge is 2.16. The summed E-state index contributed by atoms with van der Waals surface area (Å²) in [7, 11) is 1.63. The SMILES string of the molecule is CNC(c1cc(F)cc(F)c1)C(C)O. The van der Waals surface area contributed by atoms with E-state index in [1.165, 1.54) is 12.1 Å². The van der Waals surface area contributed by atoms with Crippen LogP contribution in [0, 0.1) is 11.6 Å². The summed E-state index contributed by atoms with van der Waals surface area (Å²) in [5.74, 6) is -1.28. The molecule has 14 heavy (non-hydrogen) atoms. The van der Waals surface area contributed by atoms with Gasteiger partial charge in [-0.15, -0.1) is 0 Å². The van der Waals surface area contributed by atoms with Crippen LogP contribution >= 0.6 is 0 Å². The number of halogens is 2. The first-order chi connectivity index (χ1) is 6.54. The van der Waals surface area contributed by atoms with Crippen LogP contribution in [0.5, 0.6) is 0 Å². The minimum Gasteiger partial charge on any atom is -0.391 e. The molecule has 1 aromatic carbocycles. The van der Waals surface area contributed by atoms with Gasteiger partial charge in [0, 0.05) is 6.07 Å². The maximum atomic E-state index is 12.8. The highest BCUT2D eigenvalue weighted by Crippen LogP contribution is 2.18. The van der Waals surface area contributed by atoms with Gasteiger partial charge < -0.3 is 10.4 Å². The average molecular weight is 201 g/mol. The minimum absolute atomic E-state index is 0.403. The van der Waals surface area contributed by atoms with E-state index >= 15 is 0 Å². The number of hydrogen-bond acceptors (Lipinski definition) is 2. The standard InChI is InChI=1S/C10H13F2NO/c1-6(14)10(13-2)7-3-8(11)5-9(12)4-7/h3-6,10,13-14H,1-2H3. The van der Waals surface area contributed by atoms with Gasteiger partial charge >= 0.3 is 0 Å². The van der Waals surface area contributed by atoms with Crippen molar-refractivity contribution in [1.82, 2.24) is 5.32 Å². The predicted octanol–water partition coefficient (Wildman–Crippen LogP) is 1.61. The normalized spacial score (nSPS) is 15.2. The van der Waals surface area contributed by atoms with E-state index in [-0.39, 0.29) is 0 Å². The molecule has 0 fully saturated rings. The Morgan fingerprint density at radius 3 is 2.07 bits per heavy atom. The zero-order chi connectivity index (χ0) is 10.7. The molecule has 4 heteroatoms. The molecular formula is C10H13F2NO. The van der Waals surface area contributed by atoms with Crippen molar-refractivity contribution >= 4 is 0 Å². The van der Waals surface area contributed by atoms with E-state index in [0.29, 0.717) is 5.56 Å². The third-order valence-corrected chi connectivity index (χ3v) is 2.04. The molecule has 0 bridgehead atoms. The third-order valence-electron chi connectivity index (χ3n) is 2.04. The second-order valence-electron chi connectivity index (χ2n) is 3.21. The number of aliphatic hydroxyl groups is 1. The molecule has 0 heterocycles. The molecule has 0 aliphatic rings. The van der Waals surface area contributed by atoms with E-state index in [4.69, 9.17) is 0 Å². The lowest BCUT2D eigenvalue weighted by Gasteiger charge is -2.19. The molecule has 0 saturated carbocycles. The van der Waals surface area contributed by atoms with Gasteiger partial charge in [0.1, 0.15) is 11.6 Å². The first-order valence-corrected chi connectivity index (χ1v) is 4.36. The second-order valence-corrected chi connectivity index (χ2v) is 3.21. The summed E-state index contributed by atoms with van der Waals surface area (Å²) < 4.78 is 25.7. The molecular weight excluding hydrogens is 188 g/mol. The van der Waals surface area contributed by atoms with Crippen LogP contribution in [0.25, 0.3) is 0 Å². The number of nitrogens with one attached hydrogen (secondary N) is 1. The van der Waals surface area contributed by atoms with Crippen molar-refractivity contribution in [3.63, 3.8) is 0 Å². The number of benzene rings is 1. The van der Waals surface area contributed by atoms with Gasteiger partial charge in [-0.05, 0) is 31.7 Å². The van der Waals surface area contributed by atoms with Gasteiger partial charge in [0.05, 0.1) is 12.1 Å². The van der Waals surface area contributed by atoms with Crippen molar-refractivity contribution in [3.05, 3.63) is 35.4 Å². The fourth-order valence-electron chi connectivity index (χ4n) is 1.44. The lowest BCUT2D eigenvalue weighted by Crippen LogP contribution is -2.27. The molecule has 1 aromatic rings. The third kappa shape index (κ3) is 2.49. The zero-order valence-electron chi connectivity index (χ0n) is 8.09. The van der Waals surface area contributed by atoms with E-state index in [1.807, 2.05) is 0 Å². The quantitative estimate of drug-likeness (QED) is 0.778. The van der Waals surface area contributed by atoms with E-state index < -0.39 is 23.8 Å². The fraction of sp³-hybridized carbons (Fsp3) is 0.400. The molecule has 0 aliphatic heterocycles. The topological polar surface area (TPSA) is 32.3 Å². The lowest BCUT2D eigenvalue weighted by atomic mass is 10.0. The van der Waals surface area contributed by atoms with E-state index in [2.05, 4.69) is 5.32 Å². The summed E-state index contributed by atoms with van der Waals surface area (Å²) in [5, 5.41) is 12.1. The molecule has 2 nitrogen and oxygen atoms in total. The van der Waals surface area contributed by atoms with Crippen LogP contribution < -0.4 is 5.32 Å². The van der Waals surface area contributed by atoms with Crippen molar-refractivity contribution in [3.8, 4) is 0 Å². The molecule has 2 unspecified atom stereocenters. The molecule has 2 atom stereocenters. The first kappa shape index (κ1) is 11.1. The van der Waals surface area contributed by atoms with E-state index in [1.54, 1.807) is 14.0 Å². The van der Waals surface area contributed by atoms with Gasteiger partial charge in [-0.25, -0.2) is 8.78 Å². The fourth-order valence-corrected chi connectivity index (χ4v) is 1.44. The Bertz CT molecular complexity index is 295. The smallest absolute Gasteiger partial charge is 0.126 e. The average Bonchev–Trinajstić information content (AvgIpc) is 2.02. The van der Waals surface area contributed by atoms with Gasteiger partial charge in [-0.2, -0.15) is 0 Å². The molecule has 0 aliphatic carbocycles. The van der Waals surface area contributed by atoms with Gasteiger partial charge in [-0.3, -0.25) is 0 Å². The number of aliphatic hydroxyl groups excluding tert-OH is 1. The van der Waals surface area contributed by atoms with Crippen molar-refractivity contribution in [2.75, 3.05) is 7.05 Å². The molecule has 78 valence electrons. The highest BCUT2D eigenvalue weighted by atomic mass is 19.1. The van der Waals surface area contributed by atoms with E-state index in [0.717, 1.165) is 6.07 Å². The van der Waals surface area contributed by atoms with Crippen LogP contribution in [-0.2, 0) is 0 Å². The molecule has 0 amide bonds. The van der Waals surface area contributed by atoms with Gasteiger partial charge in [0.25, 0.3) is 0 Å². The van der Waals surface area contributed by atoms with Crippen molar-refractivity contribution < 1.29 is 13.9 Å². The number of rotatable bonds is 3. The van der Waals surface area contributed by atoms with Crippen molar-refractivity contribution in [2.24, 2.45) is 0 Å². The van der Waals surface area contributed by atoms with Crippen LogP contribution in [-0.4, -0.2) is 18.3 Å². The van der Waals surface area contributed by atoms with Crippen LogP contribution in [0.15, 0.2) is 18.2 Å². The van der Waals surface area contributed by atoms with Crippen molar-refractivity contribution in [1.29, 1.82) is 0 Å². The Kier molecular flexibility index (Phi) is 3.55. The van der Waals surface area contributed by atoms with E-state index in [9.17, 15) is 13.9 Å². The van der Waals surface area contributed by atoms with Gasteiger partial charge in [0.2, 0.25) is 0 Å². The lowest BCUT2D eigenvalue weighted by molar-refractivity contribution is 0.149. The Morgan fingerprint density at radius 1 is 1.21 bits per heavy atom. The summed E-state index contributed by atoms with van der Waals surface area (Å²) in [6, 6.07) is 2.76. The Balaban J connectivity index is 3.04. The molecule has 0 aromatic heterocycles. The minimum atomic E-state index is -0.707. The van der Waals surface area contributed by atoms with Gasteiger partial charge in [-0.1, -0.05) is 0 Å². The molecule has 0 radical (unpaired) electrons. The Morgan fingerprint density at radius 2 is 1.71 bits per heavy atom. The molecule has 2 N–H and O–H groups in total. The maximum Gasteiger partial charge on any atom is 0.126 e. The molecule has 0 spiro atoms. The first-order valence-electron chi connectivity index (χ1n) is 4.36. The summed E-state index contributed by atoms with van der Waals surface area (Å²) in [6.07, 6.45) is -0.707. The summed E-state index contributed by atoms with van der Waals surface area (Å²) in [5.41, 5.74) is 0.403. The number of likely N-dealkylation sites (N-methyl/N-ethyl adjacent to an activating group) is 1. The molecule has 0 saturated heterocycles. The Hall–Kier alpha value is -1.00. The Labute approximate surface area is 81.6 Å². The summed E-state index contributed by atoms with van der Waals surface area (Å²) in [6.45, 7) is 1.56. The largest absolute Gasteiger partial charge is 0.391 e. The van der Waals surface area contributed by atoms with Crippen LogP contribution in [0.4, 0.5) is 8.78 Å². The zero-order valence-corrected chi connectivity index (χ0v) is 8.09. The summed E-state index contributed by atoms with van der Waals surface area (Å²) >= 11 is 0. The second kappa shape index (κ2) is 4.48. The maximum absolute atomic E-state index is 12.8.